The number of ether oxygens (including phenoxy) is 1. The van der Waals surface area contributed by atoms with Gasteiger partial charge in [-0.05, 0) is 49.9 Å². The van der Waals surface area contributed by atoms with E-state index in [1.54, 1.807) is 24.3 Å². The van der Waals surface area contributed by atoms with Crippen molar-refractivity contribution in [1.82, 2.24) is 9.62 Å². The number of carboxylic acid groups (broad SMARTS) is 1. The summed E-state index contributed by atoms with van der Waals surface area (Å²) >= 11 is 0. The van der Waals surface area contributed by atoms with E-state index in [1.807, 2.05) is 6.92 Å². The molecule has 0 saturated heterocycles. The molecule has 0 fully saturated rings. The van der Waals surface area contributed by atoms with Crippen molar-refractivity contribution in [3.05, 3.63) is 29.8 Å². The summed E-state index contributed by atoms with van der Waals surface area (Å²) in [5, 5.41) is 9.38. The first-order valence-corrected chi connectivity index (χ1v) is 12.2. The van der Waals surface area contributed by atoms with Crippen LogP contribution in [-0.4, -0.2) is 62.4 Å². The molecule has 8 heteroatoms. The summed E-state index contributed by atoms with van der Waals surface area (Å²) in [6.45, 7) is 5.43. The van der Waals surface area contributed by atoms with Crippen molar-refractivity contribution in [2.75, 3.05) is 32.0 Å². The number of unbranched alkanes of at least 4 members (excludes halogenated alkanes) is 2. The quantitative estimate of drug-likeness (QED) is 0.343. The maximum Gasteiger partial charge on any atom is 0.322 e. The van der Waals surface area contributed by atoms with Gasteiger partial charge in [-0.25, -0.2) is 13.1 Å². The monoisotopic (exact) mass is 436 g/mol. The van der Waals surface area contributed by atoms with Gasteiger partial charge in [-0.3, -0.25) is 9.69 Å². The van der Waals surface area contributed by atoms with E-state index in [0.717, 1.165) is 56.6 Å². The smallest absolute Gasteiger partial charge is 0.322 e. The zero-order chi connectivity index (χ0) is 21.8. The molecule has 166 valence electrons. The van der Waals surface area contributed by atoms with Gasteiger partial charge in [0.2, 0.25) is 10.0 Å². The van der Waals surface area contributed by atoms with Crippen molar-refractivity contribution in [1.29, 1.82) is 0 Å². The van der Waals surface area contributed by atoms with Crippen LogP contribution in [0.2, 0.25) is 0 Å². The second-order valence-corrected chi connectivity index (χ2v) is 9.34. The Morgan fingerprint density at radius 2 is 2.00 bits per heavy atom. The van der Waals surface area contributed by atoms with Crippen LogP contribution in [0.25, 0.3) is 0 Å². The molecule has 1 heterocycles. The number of rotatable bonds is 14. The van der Waals surface area contributed by atoms with Crippen LogP contribution in [0.15, 0.2) is 24.3 Å². The summed E-state index contributed by atoms with van der Waals surface area (Å²) in [5.74, 6) is 5.69. The van der Waals surface area contributed by atoms with Gasteiger partial charge in [-0.1, -0.05) is 31.4 Å². The van der Waals surface area contributed by atoms with Crippen molar-refractivity contribution >= 4 is 16.0 Å². The molecule has 0 unspecified atom stereocenters. The minimum atomic E-state index is -3.61. The number of sulfonamides is 1. The molecular formula is C22H32N2O5S. The van der Waals surface area contributed by atoms with Crippen molar-refractivity contribution in [2.45, 2.75) is 51.5 Å². The van der Waals surface area contributed by atoms with Gasteiger partial charge in [0.05, 0.1) is 18.9 Å². The van der Waals surface area contributed by atoms with Crippen LogP contribution in [-0.2, 0) is 21.2 Å². The molecule has 0 aliphatic carbocycles. The van der Waals surface area contributed by atoms with E-state index in [0.29, 0.717) is 13.0 Å². The number of nitrogens with zero attached hydrogens (tertiary/aromatic N) is 1. The Kier molecular flexibility index (Phi) is 10.1. The summed E-state index contributed by atoms with van der Waals surface area (Å²) in [6.07, 6.45) is 4.27. The third kappa shape index (κ3) is 9.16. The zero-order valence-electron chi connectivity index (χ0n) is 17.6. The fourth-order valence-corrected chi connectivity index (χ4v) is 4.52. The first-order chi connectivity index (χ1) is 14.4. The Balaban J connectivity index is 1.75. The van der Waals surface area contributed by atoms with Crippen LogP contribution in [0.4, 0.5) is 0 Å². The molecule has 0 spiro atoms. The molecule has 0 aromatic heterocycles. The second kappa shape index (κ2) is 12.6. The SMILES string of the molecule is CCCCS(=O)(=O)N[C@@H](Cc1ccc(OCCCCN2CC#CCC2)cc1)C(=O)O. The summed E-state index contributed by atoms with van der Waals surface area (Å²) in [4.78, 5) is 13.8. The molecule has 0 bridgehead atoms. The van der Waals surface area contributed by atoms with Crippen LogP contribution in [0.1, 0.15) is 44.6 Å². The third-order valence-electron chi connectivity index (χ3n) is 4.87. The standard InChI is InChI=1S/C22H32N2O5S/c1-2-3-17-30(27,28)23-21(22(25)26)18-19-9-11-20(12-10-19)29-16-8-7-15-24-13-5-4-6-14-24/h9-12,21,23H,2-3,5,7-8,13-18H2,1H3,(H,25,26)/t21-/m0/s1. The highest BCUT2D eigenvalue weighted by atomic mass is 32.2. The lowest BCUT2D eigenvalue weighted by Crippen LogP contribution is -2.43. The Morgan fingerprint density at radius 1 is 1.23 bits per heavy atom. The molecular weight excluding hydrogens is 404 g/mol. The lowest BCUT2D eigenvalue weighted by molar-refractivity contribution is -0.138. The normalized spacial score (nSPS) is 15.2. The third-order valence-corrected chi connectivity index (χ3v) is 6.34. The Bertz CT molecular complexity index is 827. The minimum Gasteiger partial charge on any atom is -0.494 e. The lowest BCUT2D eigenvalue weighted by Gasteiger charge is -2.20. The number of hydrogen-bond donors (Lipinski definition) is 2. The number of benzene rings is 1. The lowest BCUT2D eigenvalue weighted by atomic mass is 10.1. The van der Waals surface area contributed by atoms with E-state index in [-0.39, 0.29) is 12.2 Å². The van der Waals surface area contributed by atoms with Gasteiger partial charge >= 0.3 is 5.97 Å². The average Bonchev–Trinajstić information content (AvgIpc) is 2.73. The molecule has 0 amide bonds. The molecule has 1 atom stereocenters. The van der Waals surface area contributed by atoms with Gasteiger partial charge in [0.15, 0.2) is 0 Å². The van der Waals surface area contributed by atoms with E-state index in [9.17, 15) is 18.3 Å². The highest BCUT2D eigenvalue weighted by molar-refractivity contribution is 7.89. The number of carbonyl (C=O) groups is 1. The number of carboxylic acids is 1. The first kappa shape index (κ1) is 24.2. The summed E-state index contributed by atoms with van der Waals surface area (Å²) in [5.41, 5.74) is 0.735. The van der Waals surface area contributed by atoms with Crippen molar-refractivity contribution < 1.29 is 23.1 Å². The van der Waals surface area contributed by atoms with E-state index in [1.165, 1.54) is 0 Å². The van der Waals surface area contributed by atoms with Crippen LogP contribution in [0.3, 0.4) is 0 Å². The fourth-order valence-electron chi connectivity index (χ4n) is 3.11. The number of hydrogen-bond acceptors (Lipinski definition) is 5. The molecule has 2 N–H and O–H groups in total. The van der Waals surface area contributed by atoms with Crippen molar-refractivity contribution in [3.63, 3.8) is 0 Å². The minimum absolute atomic E-state index is 0.0643. The molecule has 30 heavy (non-hydrogen) atoms. The highest BCUT2D eigenvalue weighted by Gasteiger charge is 2.24. The molecule has 0 radical (unpaired) electrons. The molecule has 7 nitrogen and oxygen atoms in total. The maximum atomic E-state index is 12.0. The molecule has 1 aliphatic heterocycles. The topological polar surface area (TPSA) is 95.9 Å². The fraction of sp³-hybridized carbons (Fsp3) is 0.591. The van der Waals surface area contributed by atoms with Crippen LogP contribution < -0.4 is 9.46 Å². The van der Waals surface area contributed by atoms with Gasteiger partial charge < -0.3 is 9.84 Å². The van der Waals surface area contributed by atoms with E-state index >= 15 is 0 Å². The van der Waals surface area contributed by atoms with Gasteiger partial charge in [0.1, 0.15) is 11.8 Å². The van der Waals surface area contributed by atoms with Gasteiger partial charge in [0, 0.05) is 13.0 Å². The molecule has 0 saturated carbocycles. The van der Waals surface area contributed by atoms with Gasteiger partial charge in [0.25, 0.3) is 0 Å². The number of nitrogens with one attached hydrogen (secondary N) is 1. The summed E-state index contributed by atoms with van der Waals surface area (Å²) < 4.78 is 32.1. The highest BCUT2D eigenvalue weighted by Crippen LogP contribution is 2.15. The second-order valence-electron chi connectivity index (χ2n) is 7.46. The van der Waals surface area contributed by atoms with Crippen LogP contribution in [0, 0.1) is 11.8 Å². The Hall–Kier alpha value is -2.08. The van der Waals surface area contributed by atoms with Crippen LogP contribution >= 0.6 is 0 Å². The number of aliphatic carboxylic acids is 1. The van der Waals surface area contributed by atoms with Gasteiger partial charge in [-0.2, -0.15) is 0 Å². The Labute approximate surface area is 179 Å². The molecule has 1 aliphatic rings. The van der Waals surface area contributed by atoms with E-state index in [4.69, 9.17) is 4.74 Å². The maximum absolute atomic E-state index is 12.0. The van der Waals surface area contributed by atoms with Gasteiger partial charge in [-0.15, -0.1) is 5.92 Å². The molecule has 2 rings (SSSR count). The average molecular weight is 437 g/mol. The molecule has 1 aromatic carbocycles. The largest absolute Gasteiger partial charge is 0.494 e. The van der Waals surface area contributed by atoms with Crippen molar-refractivity contribution in [2.24, 2.45) is 0 Å². The summed E-state index contributed by atoms with van der Waals surface area (Å²) in [6, 6.07) is 5.95. The van der Waals surface area contributed by atoms with Crippen molar-refractivity contribution in [3.8, 4) is 17.6 Å². The van der Waals surface area contributed by atoms with E-state index < -0.39 is 22.0 Å². The predicted octanol–water partition coefficient (Wildman–Crippen LogP) is 2.27. The van der Waals surface area contributed by atoms with Crippen LogP contribution in [0.5, 0.6) is 5.75 Å². The molecule has 1 aromatic rings. The van der Waals surface area contributed by atoms with E-state index in [2.05, 4.69) is 21.5 Å². The zero-order valence-corrected chi connectivity index (χ0v) is 18.4. The summed E-state index contributed by atoms with van der Waals surface area (Å²) in [7, 11) is -3.61. The predicted molar refractivity (Wildman–Crippen MR) is 117 cm³/mol. The Morgan fingerprint density at radius 3 is 2.63 bits per heavy atom. The first-order valence-electron chi connectivity index (χ1n) is 10.5.